The van der Waals surface area contributed by atoms with Crippen LogP contribution in [0.15, 0.2) is 12.4 Å². The van der Waals surface area contributed by atoms with Crippen LogP contribution in [0, 0.1) is 0 Å². The number of nitrogens with zero attached hydrogens (tertiary/aromatic N) is 3. The summed E-state index contributed by atoms with van der Waals surface area (Å²) in [5.74, 6) is 1.22. The van der Waals surface area contributed by atoms with Crippen molar-refractivity contribution in [3.8, 4) is 0 Å². The number of ether oxygens (including phenoxy) is 1. The zero-order valence-corrected chi connectivity index (χ0v) is 10.5. The Hall–Kier alpha value is -0.870. The van der Waals surface area contributed by atoms with E-state index >= 15 is 0 Å². The summed E-state index contributed by atoms with van der Waals surface area (Å²) in [6.07, 6.45) is 8.18. The average molecular weight is 235 g/mol. The topological polar surface area (TPSA) is 33.6 Å². The molecule has 2 aliphatic rings. The number of imidazole rings is 1. The van der Waals surface area contributed by atoms with Crippen molar-refractivity contribution in [2.75, 3.05) is 26.2 Å². The Kier molecular flexibility index (Phi) is 3.16. The zero-order valence-electron chi connectivity index (χ0n) is 10.5. The number of likely N-dealkylation sites (tertiary alicyclic amines) is 1. The molecule has 0 radical (unpaired) electrons. The van der Waals surface area contributed by atoms with Gasteiger partial charge in [-0.3, -0.25) is 4.90 Å². The van der Waals surface area contributed by atoms with E-state index in [1.165, 1.54) is 25.2 Å². The Bertz CT molecular complexity index is 372. The maximum atomic E-state index is 5.32. The fraction of sp³-hybridized carbons (Fsp3) is 0.769. The molecule has 0 aromatic carbocycles. The Morgan fingerprint density at radius 3 is 3.18 bits per heavy atom. The van der Waals surface area contributed by atoms with Crippen molar-refractivity contribution < 1.29 is 4.74 Å². The monoisotopic (exact) mass is 235 g/mol. The predicted molar refractivity (Wildman–Crippen MR) is 66.1 cm³/mol. The van der Waals surface area contributed by atoms with Crippen LogP contribution >= 0.6 is 0 Å². The van der Waals surface area contributed by atoms with Gasteiger partial charge in [0.2, 0.25) is 0 Å². The summed E-state index contributed by atoms with van der Waals surface area (Å²) in [5, 5.41) is 0. The van der Waals surface area contributed by atoms with Crippen molar-refractivity contribution in [2.45, 2.75) is 38.3 Å². The zero-order chi connectivity index (χ0) is 11.7. The largest absolute Gasteiger partial charge is 0.372 e. The summed E-state index contributed by atoms with van der Waals surface area (Å²) in [7, 11) is 0. The summed E-state index contributed by atoms with van der Waals surface area (Å²) in [4.78, 5) is 6.97. The fourth-order valence-electron chi connectivity index (χ4n) is 2.84. The summed E-state index contributed by atoms with van der Waals surface area (Å²) >= 11 is 0. The van der Waals surface area contributed by atoms with Gasteiger partial charge in [-0.05, 0) is 19.4 Å². The fourth-order valence-corrected chi connectivity index (χ4v) is 2.84. The third-order valence-corrected chi connectivity index (χ3v) is 3.80. The van der Waals surface area contributed by atoms with Crippen molar-refractivity contribution in [3.63, 3.8) is 0 Å². The number of piperidine rings is 1. The third-order valence-electron chi connectivity index (χ3n) is 3.80. The Labute approximate surface area is 103 Å². The van der Waals surface area contributed by atoms with Gasteiger partial charge in [0.25, 0.3) is 0 Å². The third kappa shape index (κ3) is 2.53. The average Bonchev–Trinajstić information content (AvgIpc) is 3.04. The second-order valence-electron chi connectivity index (χ2n) is 5.12. The molecular formula is C13H21N3O. The molecule has 2 aliphatic heterocycles. The molecule has 0 spiro atoms. The van der Waals surface area contributed by atoms with Crippen LogP contribution in [-0.2, 0) is 11.2 Å². The van der Waals surface area contributed by atoms with E-state index in [1.807, 2.05) is 6.20 Å². The number of rotatable bonds is 4. The molecule has 1 aromatic rings. The minimum atomic E-state index is 0.516. The predicted octanol–water partition coefficient (Wildman–Crippen LogP) is 1.48. The van der Waals surface area contributed by atoms with Gasteiger partial charge >= 0.3 is 0 Å². The van der Waals surface area contributed by atoms with Gasteiger partial charge in [0, 0.05) is 37.9 Å². The lowest BCUT2D eigenvalue weighted by molar-refractivity contribution is 0.162. The first-order valence-electron chi connectivity index (χ1n) is 6.72. The SMILES string of the molecule is CCc1nccn1[C@H]1CCCN(C[C@@H]2CO2)C1. The number of aryl methyl sites for hydroxylation is 1. The van der Waals surface area contributed by atoms with Gasteiger partial charge in [-0.25, -0.2) is 4.98 Å². The highest BCUT2D eigenvalue weighted by atomic mass is 16.6. The highest BCUT2D eigenvalue weighted by Crippen LogP contribution is 2.24. The highest BCUT2D eigenvalue weighted by molar-refractivity contribution is 4.96. The standard InChI is InChI=1S/C13H21N3O/c1-2-13-14-5-7-16(13)11-4-3-6-15(8-11)9-12-10-17-12/h5,7,11-12H,2-4,6,8-10H2,1H3/t11-,12+/m0/s1. The molecule has 17 heavy (non-hydrogen) atoms. The van der Waals surface area contributed by atoms with Crippen molar-refractivity contribution in [3.05, 3.63) is 18.2 Å². The Morgan fingerprint density at radius 2 is 2.41 bits per heavy atom. The molecule has 0 aliphatic carbocycles. The number of hydrogen-bond acceptors (Lipinski definition) is 3. The van der Waals surface area contributed by atoms with Crippen LogP contribution in [0.2, 0.25) is 0 Å². The second-order valence-corrected chi connectivity index (χ2v) is 5.12. The number of hydrogen-bond donors (Lipinski definition) is 0. The maximum Gasteiger partial charge on any atom is 0.108 e. The number of aromatic nitrogens is 2. The smallest absolute Gasteiger partial charge is 0.108 e. The van der Waals surface area contributed by atoms with Crippen LogP contribution in [0.3, 0.4) is 0 Å². The van der Waals surface area contributed by atoms with Crippen LogP contribution in [0.25, 0.3) is 0 Å². The molecular weight excluding hydrogens is 214 g/mol. The van der Waals surface area contributed by atoms with E-state index in [2.05, 4.69) is 27.6 Å². The Morgan fingerprint density at radius 1 is 1.53 bits per heavy atom. The van der Waals surface area contributed by atoms with E-state index in [1.54, 1.807) is 0 Å². The molecule has 0 N–H and O–H groups in total. The van der Waals surface area contributed by atoms with Crippen LogP contribution < -0.4 is 0 Å². The first-order valence-corrected chi connectivity index (χ1v) is 6.72. The van der Waals surface area contributed by atoms with E-state index < -0.39 is 0 Å². The van der Waals surface area contributed by atoms with Crippen LogP contribution in [0.1, 0.15) is 31.6 Å². The molecule has 4 nitrogen and oxygen atoms in total. The van der Waals surface area contributed by atoms with Gasteiger partial charge in [0.1, 0.15) is 5.82 Å². The lowest BCUT2D eigenvalue weighted by atomic mass is 10.1. The first-order chi connectivity index (χ1) is 8.36. The lowest BCUT2D eigenvalue weighted by Crippen LogP contribution is -2.39. The van der Waals surface area contributed by atoms with Crippen LogP contribution in [-0.4, -0.2) is 46.8 Å². The Balaban J connectivity index is 1.65. The molecule has 1 aromatic heterocycles. The highest BCUT2D eigenvalue weighted by Gasteiger charge is 2.29. The van der Waals surface area contributed by atoms with E-state index in [-0.39, 0.29) is 0 Å². The van der Waals surface area contributed by atoms with Gasteiger partial charge in [0.05, 0.1) is 12.7 Å². The first kappa shape index (κ1) is 11.2. The molecule has 0 saturated carbocycles. The number of epoxide rings is 1. The minimum Gasteiger partial charge on any atom is -0.372 e. The van der Waals surface area contributed by atoms with Gasteiger partial charge in [0.15, 0.2) is 0 Å². The van der Waals surface area contributed by atoms with E-state index in [9.17, 15) is 0 Å². The second kappa shape index (κ2) is 4.78. The quantitative estimate of drug-likeness (QED) is 0.741. The van der Waals surface area contributed by atoms with Gasteiger partial charge in [-0.15, -0.1) is 0 Å². The molecule has 3 rings (SSSR count). The molecule has 4 heteroatoms. The van der Waals surface area contributed by atoms with Crippen LogP contribution in [0.5, 0.6) is 0 Å². The summed E-state index contributed by atoms with van der Waals surface area (Å²) in [6.45, 7) is 6.65. The molecule has 2 saturated heterocycles. The van der Waals surface area contributed by atoms with Crippen molar-refractivity contribution in [2.24, 2.45) is 0 Å². The molecule has 2 atom stereocenters. The van der Waals surface area contributed by atoms with Crippen molar-refractivity contribution in [1.29, 1.82) is 0 Å². The molecule has 2 fully saturated rings. The normalized spacial score (nSPS) is 29.5. The molecule has 0 unspecified atom stereocenters. The van der Waals surface area contributed by atoms with Crippen molar-refractivity contribution >= 4 is 0 Å². The van der Waals surface area contributed by atoms with Gasteiger partial charge in [-0.2, -0.15) is 0 Å². The summed E-state index contributed by atoms with van der Waals surface area (Å²) in [6, 6.07) is 0.611. The van der Waals surface area contributed by atoms with Crippen molar-refractivity contribution in [1.82, 2.24) is 14.5 Å². The molecule has 0 bridgehead atoms. The molecule has 94 valence electrons. The van der Waals surface area contributed by atoms with Gasteiger partial charge < -0.3 is 9.30 Å². The molecule has 0 amide bonds. The van der Waals surface area contributed by atoms with E-state index in [0.717, 1.165) is 26.1 Å². The van der Waals surface area contributed by atoms with Gasteiger partial charge in [-0.1, -0.05) is 6.92 Å². The van der Waals surface area contributed by atoms with E-state index in [4.69, 9.17) is 4.74 Å². The molecule has 3 heterocycles. The lowest BCUT2D eigenvalue weighted by Gasteiger charge is -2.33. The summed E-state index contributed by atoms with van der Waals surface area (Å²) in [5.41, 5.74) is 0. The summed E-state index contributed by atoms with van der Waals surface area (Å²) < 4.78 is 7.70. The van der Waals surface area contributed by atoms with Crippen LogP contribution in [0.4, 0.5) is 0 Å². The minimum absolute atomic E-state index is 0.516. The van der Waals surface area contributed by atoms with E-state index in [0.29, 0.717) is 12.1 Å². The maximum absolute atomic E-state index is 5.32.